The first-order chi connectivity index (χ1) is 8.13. The monoisotopic (exact) mass is 297 g/mol. The van der Waals surface area contributed by atoms with Crippen LogP contribution < -0.4 is 4.90 Å². The van der Waals surface area contributed by atoms with Crippen molar-refractivity contribution in [3.63, 3.8) is 0 Å². The third-order valence-corrected chi connectivity index (χ3v) is 3.65. The number of methoxy groups -OCH3 is 1. The quantitative estimate of drug-likeness (QED) is 0.786. The van der Waals surface area contributed by atoms with E-state index in [1.165, 1.54) is 20.0 Å². The van der Waals surface area contributed by atoms with Gasteiger partial charge in [-0.25, -0.2) is 4.79 Å². The molecule has 0 atom stereocenters. The number of anilines is 1. The Bertz CT molecular complexity index is 439. The standard InChI is InChI=1S/C13H16BrNO2/c1-9-11(13(16)17-2)7-10(14)8-12(9)15-5-3-4-6-15/h7-8H,3-6H2,1-2H3. The van der Waals surface area contributed by atoms with E-state index in [0.29, 0.717) is 5.56 Å². The molecule has 1 fully saturated rings. The number of hydrogen-bond acceptors (Lipinski definition) is 3. The van der Waals surface area contributed by atoms with Crippen LogP contribution in [-0.2, 0) is 4.74 Å². The highest BCUT2D eigenvalue weighted by Crippen LogP contribution is 2.30. The van der Waals surface area contributed by atoms with Crippen molar-refractivity contribution >= 4 is 27.6 Å². The van der Waals surface area contributed by atoms with E-state index in [-0.39, 0.29) is 5.97 Å². The van der Waals surface area contributed by atoms with Gasteiger partial charge in [0.25, 0.3) is 0 Å². The van der Waals surface area contributed by atoms with Gasteiger partial charge in [-0.1, -0.05) is 15.9 Å². The Morgan fingerprint density at radius 2 is 2.00 bits per heavy atom. The molecule has 0 bridgehead atoms. The van der Waals surface area contributed by atoms with Gasteiger partial charge in [-0.05, 0) is 37.5 Å². The van der Waals surface area contributed by atoms with Crippen LogP contribution in [0.4, 0.5) is 5.69 Å². The first-order valence-electron chi connectivity index (χ1n) is 5.77. The lowest BCUT2D eigenvalue weighted by Gasteiger charge is -2.21. The first kappa shape index (κ1) is 12.4. The van der Waals surface area contributed by atoms with E-state index in [1.807, 2.05) is 13.0 Å². The molecule has 0 saturated carbocycles. The molecule has 1 heterocycles. The van der Waals surface area contributed by atoms with Crippen molar-refractivity contribution in [1.29, 1.82) is 0 Å². The maximum atomic E-state index is 11.7. The van der Waals surface area contributed by atoms with Crippen LogP contribution in [0.2, 0.25) is 0 Å². The number of halogens is 1. The van der Waals surface area contributed by atoms with Gasteiger partial charge < -0.3 is 9.64 Å². The van der Waals surface area contributed by atoms with E-state index < -0.39 is 0 Å². The van der Waals surface area contributed by atoms with Crippen molar-refractivity contribution in [1.82, 2.24) is 0 Å². The summed E-state index contributed by atoms with van der Waals surface area (Å²) in [4.78, 5) is 14.0. The summed E-state index contributed by atoms with van der Waals surface area (Å²) in [5.41, 5.74) is 2.78. The van der Waals surface area contributed by atoms with Crippen molar-refractivity contribution < 1.29 is 9.53 Å². The van der Waals surface area contributed by atoms with E-state index in [0.717, 1.165) is 28.8 Å². The molecule has 0 aromatic heterocycles. The van der Waals surface area contributed by atoms with Crippen molar-refractivity contribution in [2.45, 2.75) is 19.8 Å². The molecule has 17 heavy (non-hydrogen) atoms. The second kappa shape index (κ2) is 5.08. The molecule has 1 aliphatic heterocycles. The molecule has 92 valence electrons. The highest BCUT2D eigenvalue weighted by Gasteiger charge is 2.19. The fourth-order valence-corrected chi connectivity index (χ4v) is 2.72. The molecular formula is C13H16BrNO2. The summed E-state index contributed by atoms with van der Waals surface area (Å²) in [5.74, 6) is -0.274. The molecule has 1 aliphatic rings. The molecule has 4 heteroatoms. The summed E-state index contributed by atoms with van der Waals surface area (Å²) in [6.07, 6.45) is 2.44. The van der Waals surface area contributed by atoms with E-state index in [1.54, 1.807) is 0 Å². The Balaban J connectivity index is 2.45. The molecular weight excluding hydrogens is 282 g/mol. The maximum Gasteiger partial charge on any atom is 0.338 e. The molecule has 2 rings (SSSR count). The average Bonchev–Trinajstić information content (AvgIpc) is 2.84. The summed E-state index contributed by atoms with van der Waals surface area (Å²) >= 11 is 3.46. The second-order valence-corrected chi connectivity index (χ2v) is 5.20. The largest absolute Gasteiger partial charge is 0.465 e. The Hall–Kier alpha value is -1.03. The summed E-state index contributed by atoms with van der Waals surface area (Å²) in [6.45, 7) is 4.11. The van der Waals surface area contributed by atoms with Crippen LogP contribution in [-0.4, -0.2) is 26.2 Å². The predicted octanol–water partition coefficient (Wildman–Crippen LogP) is 3.14. The molecule has 0 amide bonds. The third-order valence-electron chi connectivity index (χ3n) is 3.20. The lowest BCUT2D eigenvalue weighted by molar-refractivity contribution is 0.0600. The SMILES string of the molecule is COC(=O)c1cc(Br)cc(N2CCCC2)c1C. The molecule has 0 unspecified atom stereocenters. The summed E-state index contributed by atoms with van der Waals surface area (Å²) in [6, 6.07) is 3.90. The number of nitrogens with zero attached hydrogens (tertiary/aromatic N) is 1. The van der Waals surface area contributed by atoms with Crippen LogP contribution in [0.15, 0.2) is 16.6 Å². The topological polar surface area (TPSA) is 29.5 Å². The van der Waals surface area contributed by atoms with Crippen LogP contribution >= 0.6 is 15.9 Å². The first-order valence-corrected chi connectivity index (χ1v) is 6.56. The molecule has 1 aromatic rings. The van der Waals surface area contributed by atoms with Crippen LogP contribution in [0.3, 0.4) is 0 Å². The van der Waals surface area contributed by atoms with E-state index in [2.05, 4.69) is 26.9 Å². The number of ether oxygens (including phenoxy) is 1. The highest BCUT2D eigenvalue weighted by atomic mass is 79.9. The minimum absolute atomic E-state index is 0.274. The molecule has 1 saturated heterocycles. The third kappa shape index (κ3) is 2.46. The number of esters is 1. The molecule has 1 aromatic carbocycles. The fraction of sp³-hybridized carbons (Fsp3) is 0.462. The van der Waals surface area contributed by atoms with Gasteiger partial charge in [-0.3, -0.25) is 0 Å². The van der Waals surface area contributed by atoms with Crippen LogP contribution in [0.1, 0.15) is 28.8 Å². The smallest absolute Gasteiger partial charge is 0.338 e. The Morgan fingerprint density at radius 3 is 2.59 bits per heavy atom. The Kier molecular flexibility index (Phi) is 3.72. The van der Waals surface area contributed by atoms with Gasteiger partial charge in [0, 0.05) is 23.2 Å². The van der Waals surface area contributed by atoms with Gasteiger partial charge in [0.2, 0.25) is 0 Å². The fourth-order valence-electron chi connectivity index (χ4n) is 2.27. The van der Waals surface area contributed by atoms with Gasteiger partial charge in [0.15, 0.2) is 0 Å². The zero-order valence-corrected chi connectivity index (χ0v) is 11.7. The van der Waals surface area contributed by atoms with Gasteiger partial charge in [-0.15, -0.1) is 0 Å². The molecule has 0 radical (unpaired) electrons. The summed E-state index contributed by atoms with van der Waals surface area (Å²) < 4.78 is 5.73. The van der Waals surface area contributed by atoms with Crippen LogP contribution in [0, 0.1) is 6.92 Å². The van der Waals surface area contributed by atoms with Crippen LogP contribution in [0.25, 0.3) is 0 Å². The summed E-state index contributed by atoms with van der Waals surface area (Å²) in [5, 5.41) is 0. The summed E-state index contributed by atoms with van der Waals surface area (Å²) in [7, 11) is 1.41. The average molecular weight is 298 g/mol. The van der Waals surface area contributed by atoms with Crippen molar-refractivity contribution in [2.24, 2.45) is 0 Å². The lowest BCUT2D eigenvalue weighted by Crippen LogP contribution is -2.20. The minimum Gasteiger partial charge on any atom is -0.465 e. The van der Waals surface area contributed by atoms with Gasteiger partial charge >= 0.3 is 5.97 Å². The van der Waals surface area contributed by atoms with Gasteiger partial charge in [-0.2, -0.15) is 0 Å². The Morgan fingerprint density at radius 1 is 1.35 bits per heavy atom. The van der Waals surface area contributed by atoms with Crippen LogP contribution in [0.5, 0.6) is 0 Å². The number of rotatable bonds is 2. The number of benzene rings is 1. The van der Waals surface area contributed by atoms with Crippen molar-refractivity contribution in [2.75, 3.05) is 25.1 Å². The molecule has 0 N–H and O–H groups in total. The zero-order chi connectivity index (χ0) is 12.4. The second-order valence-electron chi connectivity index (χ2n) is 4.28. The predicted molar refractivity (Wildman–Crippen MR) is 71.7 cm³/mol. The lowest BCUT2D eigenvalue weighted by atomic mass is 10.1. The number of hydrogen-bond donors (Lipinski definition) is 0. The minimum atomic E-state index is -0.274. The highest BCUT2D eigenvalue weighted by molar-refractivity contribution is 9.10. The van der Waals surface area contributed by atoms with Gasteiger partial charge in [0.1, 0.15) is 0 Å². The van der Waals surface area contributed by atoms with E-state index >= 15 is 0 Å². The van der Waals surface area contributed by atoms with Crippen molar-refractivity contribution in [3.05, 3.63) is 27.7 Å². The number of carbonyl (C=O) groups excluding carboxylic acids is 1. The molecule has 0 spiro atoms. The Labute approximate surface area is 110 Å². The zero-order valence-electron chi connectivity index (χ0n) is 10.1. The van der Waals surface area contributed by atoms with E-state index in [9.17, 15) is 4.79 Å². The van der Waals surface area contributed by atoms with Gasteiger partial charge in [0.05, 0.1) is 12.7 Å². The molecule has 3 nitrogen and oxygen atoms in total. The van der Waals surface area contributed by atoms with Crippen molar-refractivity contribution in [3.8, 4) is 0 Å². The normalized spacial score (nSPS) is 15.1. The van der Waals surface area contributed by atoms with E-state index in [4.69, 9.17) is 4.74 Å². The number of carbonyl (C=O) groups is 1. The molecule has 0 aliphatic carbocycles. The maximum absolute atomic E-state index is 11.7.